The number of nitrogens with zero attached hydrogens (tertiary/aromatic N) is 1. The maximum absolute atomic E-state index is 14.4. The number of hydrogen-bond donors (Lipinski definition) is 2. The van der Waals surface area contributed by atoms with E-state index >= 15 is 0 Å². The third-order valence-electron chi connectivity index (χ3n) is 12.3. The van der Waals surface area contributed by atoms with Gasteiger partial charge in [-0.05, 0) is 79.1 Å². The van der Waals surface area contributed by atoms with E-state index in [2.05, 4.69) is 51.5 Å². The zero-order valence-electron chi connectivity index (χ0n) is 24.5. The first-order valence-corrected chi connectivity index (χ1v) is 14.6. The Bertz CT molecular complexity index is 1270. The van der Waals surface area contributed by atoms with Crippen LogP contribution >= 0.6 is 0 Å². The van der Waals surface area contributed by atoms with Crippen LogP contribution in [-0.4, -0.2) is 23.4 Å². The smallest absolute Gasteiger partial charge is 0.244 e. The Morgan fingerprint density at radius 1 is 0.974 bits per heavy atom. The van der Waals surface area contributed by atoms with Crippen molar-refractivity contribution >= 4 is 23.4 Å². The minimum atomic E-state index is -0.708. The zero-order chi connectivity index (χ0) is 28.8. The fourth-order valence-corrected chi connectivity index (χ4v) is 9.92. The van der Waals surface area contributed by atoms with E-state index in [0.717, 1.165) is 37.7 Å². The summed E-state index contributed by atoms with van der Waals surface area (Å²) in [5, 5.41) is 9.78. The summed E-state index contributed by atoms with van der Waals surface area (Å²) in [6, 6.07) is 2.14. The fraction of sp³-hybridized carbons (Fsp3) is 0.719. The predicted molar refractivity (Wildman–Crippen MR) is 146 cm³/mol. The first-order chi connectivity index (χ1) is 18.1. The van der Waals surface area contributed by atoms with Crippen LogP contribution in [0.25, 0.3) is 0 Å². The summed E-state index contributed by atoms with van der Waals surface area (Å²) < 4.78 is 0. The van der Waals surface area contributed by atoms with E-state index in [1.54, 1.807) is 0 Å². The molecule has 0 radical (unpaired) electrons. The molecular formula is C32H43N3O4. The minimum absolute atomic E-state index is 0.000878. The van der Waals surface area contributed by atoms with E-state index in [4.69, 9.17) is 0 Å². The molecule has 210 valence electrons. The molecule has 0 aromatic heterocycles. The van der Waals surface area contributed by atoms with Crippen LogP contribution in [0.3, 0.4) is 0 Å². The lowest BCUT2D eigenvalue weighted by Crippen LogP contribution is -2.66. The van der Waals surface area contributed by atoms with Crippen LogP contribution in [0.1, 0.15) is 93.4 Å². The Labute approximate surface area is 232 Å². The molecule has 5 rings (SSSR count). The van der Waals surface area contributed by atoms with E-state index < -0.39 is 10.8 Å². The van der Waals surface area contributed by atoms with Crippen molar-refractivity contribution in [2.24, 2.45) is 50.7 Å². The average molecular weight is 534 g/mol. The summed E-state index contributed by atoms with van der Waals surface area (Å²) in [5.74, 6) is -1.19. The first-order valence-electron chi connectivity index (χ1n) is 14.6. The second-order valence-electron chi connectivity index (χ2n) is 14.7. The van der Waals surface area contributed by atoms with Crippen LogP contribution in [0, 0.1) is 62.1 Å². The molecule has 5 aliphatic rings. The molecule has 0 aliphatic heterocycles. The van der Waals surface area contributed by atoms with E-state index in [9.17, 15) is 24.4 Å². The highest BCUT2D eigenvalue weighted by Gasteiger charge is 2.70. The number of amides is 2. The van der Waals surface area contributed by atoms with Crippen molar-refractivity contribution < 1.29 is 19.2 Å². The Morgan fingerprint density at radius 3 is 2.28 bits per heavy atom. The molecule has 0 heterocycles. The Hall–Kier alpha value is -2.75. The van der Waals surface area contributed by atoms with E-state index in [-0.39, 0.29) is 68.9 Å². The van der Waals surface area contributed by atoms with Gasteiger partial charge in [0.05, 0.1) is 11.0 Å². The second kappa shape index (κ2) is 8.62. The van der Waals surface area contributed by atoms with Gasteiger partial charge in [0.2, 0.25) is 11.8 Å². The number of nitrogens with one attached hydrogen (secondary N) is 2. The summed E-state index contributed by atoms with van der Waals surface area (Å²) in [7, 11) is 0. The van der Waals surface area contributed by atoms with Gasteiger partial charge >= 0.3 is 0 Å². The van der Waals surface area contributed by atoms with Crippen molar-refractivity contribution in [3.05, 3.63) is 23.3 Å². The molecule has 5 aliphatic carbocycles. The number of carbonyl (C=O) groups excluding carboxylic acids is 4. The molecule has 3 fully saturated rings. The van der Waals surface area contributed by atoms with Crippen molar-refractivity contribution in [2.45, 2.75) is 93.4 Å². The monoisotopic (exact) mass is 533 g/mol. The molecule has 3 saturated carbocycles. The number of fused-ring (bicyclic) bond motifs is 7. The maximum atomic E-state index is 14.4. The topological polar surface area (TPSA) is 116 Å². The molecule has 39 heavy (non-hydrogen) atoms. The molecule has 7 nitrogen and oxygen atoms in total. The summed E-state index contributed by atoms with van der Waals surface area (Å²) >= 11 is 0. The van der Waals surface area contributed by atoms with E-state index in [1.165, 1.54) is 6.92 Å². The van der Waals surface area contributed by atoms with Crippen LogP contribution in [0.5, 0.6) is 0 Å². The minimum Gasteiger partial charge on any atom is -0.295 e. The third-order valence-corrected chi connectivity index (χ3v) is 12.3. The number of nitriles is 1. The molecule has 0 spiro atoms. The second-order valence-corrected chi connectivity index (χ2v) is 14.7. The quantitative estimate of drug-likeness (QED) is 0.461. The highest BCUT2D eigenvalue weighted by atomic mass is 16.2. The van der Waals surface area contributed by atoms with Crippen LogP contribution in [-0.2, 0) is 19.2 Å². The Kier molecular flexibility index (Phi) is 6.15. The normalized spacial score (nSPS) is 44.3. The molecule has 2 amide bonds. The predicted octanol–water partition coefficient (Wildman–Crippen LogP) is 4.98. The fourth-order valence-electron chi connectivity index (χ4n) is 9.92. The molecule has 7 heteroatoms. The van der Waals surface area contributed by atoms with Crippen LogP contribution < -0.4 is 10.9 Å². The number of ketones is 2. The van der Waals surface area contributed by atoms with Crippen LogP contribution in [0.4, 0.5) is 0 Å². The van der Waals surface area contributed by atoms with Gasteiger partial charge in [0.1, 0.15) is 6.07 Å². The Balaban J connectivity index is 1.65. The zero-order valence-corrected chi connectivity index (χ0v) is 24.5. The number of rotatable bonds is 1. The molecule has 0 aromatic carbocycles. The molecule has 0 aromatic rings. The summed E-state index contributed by atoms with van der Waals surface area (Å²) in [4.78, 5) is 52.7. The average Bonchev–Trinajstić information content (AvgIpc) is 2.86. The summed E-state index contributed by atoms with van der Waals surface area (Å²) in [6.45, 7) is 14.4. The van der Waals surface area contributed by atoms with Gasteiger partial charge in [-0.25, -0.2) is 0 Å². The summed E-state index contributed by atoms with van der Waals surface area (Å²) in [6.07, 6.45) is 9.18. The van der Waals surface area contributed by atoms with Crippen molar-refractivity contribution in [3.8, 4) is 6.07 Å². The van der Waals surface area contributed by atoms with E-state index in [0.29, 0.717) is 12.8 Å². The molecule has 8 atom stereocenters. The number of hydrazine groups is 1. The number of Topliss-reactive ketones (excluding diaryl/α,β-unsaturated/α-hetero) is 1. The number of carbonyl (C=O) groups is 4. The molecule has 0 saturated heterocycles. The van der Waals surface area contributed by atoms with Gasteiger partial charge in [-0.2, -0.15) is 5.26 Å². The van der Waals surface area contributed by atoms with Crippen LogP contribution in [0.15, 0.2) is 23.3 Å². The standard InChI is InChI=1S/C32H43N3O4/c1-18-21-8-9-30(6)24(29(21,5)15-20(17-33)26(18)38)14-23(37)25-22-16-28(3,4)10-12-32(22,13-11-31(25,30)7)27(39)35-34-19(2)36/h14-15,18,21-22,25H,8-13,16H2,1-7H3,(H,34,36)(H,35,39)/t18-,21-,22?,25?,29-,30+,31+,32-/m0/s1. The molecular weight excluding hydrogens is 490 g/mol. The van der Waals surface area contributed by atoms with Crippen molar-refractivity contribution in [1.82, 2.24) is 10.9 Å². The van der Waals surface area contributed by atoms with Gasteiger partial charge in [-0.3, -0.25) is 30.0 Å². The Morgan fingerprint density at radius 2 is 1.64 bits per heavy atom. The van der Waals surface area contributed by atoms with E-state index in [1.807, 2.05) is 19.1 Å². The maximum Gasteiger partial charge on any atom is 0.244 e. The molecule has 2 unspecified atom stereocenters. The van der Waals surface area contributed by atoms with Crippen molar-refractivity contribution in [1.29, 1.82) is 5.26 Å². The van der Waals surface area contributed by atoms with Gasteiger partial charge in [-0.15, -0.1) is 0 Å². The van der Waals surface area contributed by atoms with Gasteiger partial charge in [0.25, 0.3) is 0 Å². The van der Waals surface area contributed by atoms with Crippen molar-refractivity contribution in [2.75, 3.05) is 0 Å². The largest absolute Gasteiger partial charge is 0.295 e. The third kappa shape index (κ3) is 3.66. The lowest BCUT2D eigenvalue weighted by atomic mass is 9.35. The lowest BCUT2D eigenvalue weighted by molar-refractivity contribution is -0.178. The lowest BCUT2D eigenvalue weighted by Gasteiger charge is -2.68. The number of hydrogen-bond acceptors (Lipinski definition) is 5. The molecule has 0 bridgehead atoms. The van der Waals surface area contributed by atoms with Crippen molar-refractivity contribution in [3.63, 3.8) is 0 Å². The highest BCUT2D eigenvalue weighted by molar-refractivity contribution is 6.02. The molecule has 2 N–H and O–H groups in total. The number of allylic oxidation sites excluding steroid dienone is 4. The van der Waals surface area contributed by atoms with Crippen LogP contribution in [0.2, 0.25) is 0 Å². The SMILES string of the molecule is CC(=O)NNC(=O)[C@]12CCC(C)(C)CC1C1C(=O)C=C3[C@@]4(C)C=C(C#N)C(=O)[C@@H](C)[C@@H]4CC[C@@]3(C)[C@]1(C)CC2. The first kappa shape index (κ1) is 27.8. The van der Waals surface area contributed by atoms with Gasteiger partial charge in [0, 0.05) is 24.2 Å². The highest BCUT2D eigenvalue weighted by Crippen LogP contribution is 2.73. The summed E-state index contributed by atoms with van der Waals surface area (Å²) in [5.41, 5.74) is 4.51. The van der Waals surface area contributed by atoms with Gasteiger partial charge in [-0.1, -0.05) is 53.2 Å². The van der Waals surface area contributed by atoms with Gasteiger partial charge in [0.15, 0.2) is 11.6 Å². The van der Waals surface area contributed by atoms with Gasteiger partial charge < -0.3 is 0 Å².